The molecular weight excluding hydrogens is 565 g/mol. The second-order valence-corrected chi connectivity index (χ2v) is 12.6. The van der Waals surface area contributed by atoms with Crippen LogP contribution < -0.4 is 15.0 Å². The van der Waals surface area contributed by atoms with Gasteiger partial charge in [0.25, 0.3) is 0 Å². The van der Waals surface area contributed by atoms with Crippen molar-refractivity contribution in [1.29, 1.82) is 0 Å². The van der Waals surface area contributed by atoms with Crippen LogP contribution in [-0.2, 0) is 0 Å². The molecule has 4 aliphatic heterocycles. The van der Waals surface area contributed by atoms with E-state index in [1.165, 1.54) is 6.07 Å². The molecule has 0 radical (unpaired) electrons. The van der Waals surface area contributed by atoms with Crippen LogP contribution >= 0.6 is 0 Å². The molecule has 0 unspecified atom stereocenters. The minimum atomic E-state index is -0.944. The summed E-state index contributed by atoms with van der Waals surface area (Å²) in [6.07, 6.45) is 9.43. The van der Waals surface area contributed by atoms with Crippen LogP contribution in [0.4, 0.5) is 19.0 Å². The van der Waals surface area contributed by atoms with E-state index in [-0.39, 0.29) is 29.4 Å². The molecule has 7 nitrogen and oxygen atoms in total. The summed E-state index contributed by atoms with van der Waals surface area (Å²) in [5.41, 5.74) is 0.995. The van der Waals surface area contributed by atoms with Crippen molar-refractivity contribution in [2.45, 2.75) is 49.5 Å². The molecule has 44 heavy (non-hydrogen) atoms. The van der Waals surface area contributed by atoms with E-state index in [1.54, 1.807) is 30.5 Å². The van der Waals surface area contributed by atoms with Crippen molar-refractivity contribution in [2.75, 3.05) is 37.7 Å². The maximum atomic E-state index is 16.7. The highest BCUT2D eigenvalue weighted by atomic mass is 19.1. The lowest BCUT2D eigenvalue weighted by molar-refractivity contribution is 0.107. The SMILES string of the molecule is C#Cc1c(F)ccc2cccc(-c3ncc4c(N5C[C@H]6CC[C@@H](C5)N6)nc(OC[C@]56CC(=C)CN5C[C@H](F)C6)nc4c3F)c12. The number of nitrogens with one attached hydrogen (secondary N) is 1. The first-order valence-electron chi connectivity index (χ1n) is 15.1. The Morgan fingerprint density at radius 1 is 1.11 bits per heavy atom. The van der Waals surface area contributed by atoms with Gasteiger partial charge in [-0.25, -0.2) is 13.2 Å². The third-order valence-electron chi connectivity index (χ3n) is 9.71. The van der Waals surface area contributed by atoms with Gasteiger partial charge in [0.05, 0.1) is 16.5 Å². The van der Waals surface area contributed by atoms with Crippen LogP contribution in [0.5, 0.6) is 6.01 Å². The maximum Gasteiger partial charge on any atom is 0.319 e. The predicted octanol–water partition coefficient (Wildman–Crippen LogP) is 5.17. The number of fused-ring (bicyclic) bond motifs is 5. The molecule has 2 aromatic heterocycles. The number of hydrogen-bond acceptors (Lipinski definition) is 7. The summed E-state index contributed by atoms with van der Waals surface area (Å²) in [5, 5.41) is 5.16. The summed E-state index contributed by atoms with van der Waals surface area (Å²) in [6, 6.07) is 8.81. The third kappa shape index (κ3) is 4.32. The molecule has 0 spiro atoms. The zero-order valence-corrected chi connectivity index (χ0v) is 24.1. The van der Waals surface area contributed by atoms with Gasteiger partial charge >= 0.3 is 6.01 Å². The number of alkyl halides is 1. The van der Waals surface area contributed by atoms with Crippen molar-refractivity contribution < 1.29 is 17.9 Å². The van der Waals surface area contributed by atoms with Crippen LogP contribution in [0.25, 0.3) is 32.9 Å². The second-order valence-electron chi connectivity index (χ2n) is 12.6. The largest absolute Gasteiger partial charge is 0.461 e. The van der Waals surface area contributed by atoms with Gasteiger partial charge in [-0.2, -0.15) is 9.97 Å². The smallest absolute Gasteiger partial charge is 0.319 e. The zero-order chi connectivity index (χ0) is 30.2. The summed E-state index contributed by atoms with van der Waals surface area (Å²) < 4.78 is 52.3. The van der Waals surface area contributed by atoms with E-state index in [0.29, 0.717) is 78.6 Å². The Bertz CT molecular complexity index is 1880. The average molecular weight is 597 g/mol. The Morgan fingerprint density at radius 2 is 1.93 bits per heavy atom. The fourth-order valence-electron chi connectivity index (χ4n) is 7.82. The number of benzene rings is 2. The molecule has 4 aromatic rings. The van der Waals surface area contributed by atoms with Gasteiger partial charge in [0.15, 0.2) is 5.82 Å². The Hall–Kier alpha value is -4.20. The first-order chi connectivity index (χ1) is 21.3. The summed E-state index contributed by atoms with van der Waals surface area (Å²) >= 11 is 0. The molecule has 224 valence electrons. The highest BCUT2D eigenvalue weighted by Crippen LogP contribution is 2.43. The molecular formula is C34H31F3N6O. The molecule has 4 aliphatic rings. The number of nitrogens with zero attached hydrogens (tertiary/aromatic N) is 5. The predicted molar refractivity (Wildman–Crippen MR) is 163 cm³/mol. The average Bonchev–Trinajstić information content (AvgIpc) is 3.62. The standard InChI is InChI=1S/C34H31F3N6O/c1-3-24-27(36)10-7-20-5-4-6-25(28(20)24)30-29(37)31-26(13-38-30)32(42-16-22-8-9-23(17-42)39-22)41-33(40-31)44-18-34-11-19(2)14-43(34)15-21(35)12-34/h1,4-7,10,13,21-23,39H,2,8-9,11-12,14-18H2/t21-,22-,23+,34-/m1/s1. The van der Waals surface area contributed by atoms with Crippen LogP contribution in [0.1, 0.15) is 31.2 Å². The number of anilines is 1. The van der Waals surface area contributed by atoms with E-state index < -0.39 is 23.3 Å². The minimum absolute atomic E-state index is 0.00843. The second kappa shape index (κ2) is 10.2. The van der Waals surface area contributed by atoms with Gasteiger partial charge in [-0.05, 0) is 30.7 Å². The Labute approximate surface area is 253 Å². The summed E-state index contributed by atoms with van der Waals surface area (Å²) in [4.78, 5) is 18.2. The Balaban J connectivity index is 1.26. The van der Waals surface area contributed by atoms with Gasteiger partial charge in [-0.1, -0.05) is 42.3 Å². The van der Waals surface area contributed by atoms with Crippen LogP contribution in [0.3, 0.4) is 0 Å². The van der Waals surface area contributed by atoms with Gasteiger partial charge in [0.2, 0.25) is 0 Å². The van der Waals surface area contributed by atoms with E-state index >= 15 is 4.39 Å². The van der Waals surface area contributed by atoms with Gasteiger partial charge < -0.3 is 15.0 Å². The lowest BCUT2D eigenvalue weighted by Crippen LogP contribution is -2.51. The Morgan fingerprint density at radius 3 is 2.73 bits per heavy atom. The molecule has 0 aliphatic carbocycles. The molecule has 4 atom stereocenters. The van der Waals surface area contributed by atoms with Crippen LogP contribution in [-0.4, -0.2) is 76.4 Å². The minimum Gasteiger partial charge on any atom is -0.461 e. The van der Waals surface area contributed by atoms with Gasteiger partial charge in [0.1, 0.15) is 35.6 Å². The zero-order valence-electron chi connectivity index (χ0n) is 24.1. The number of piperazine rings is 1. The summed E-state index contributed by atoms with van der Waals surface area (Å²) in [6.45, 7) is 6.68. The molecule has 4 saturated heterocycles. The molecule has 4 fully saturated rings. The van der Waals surface area contributed by atoms with E-state index in [2.05, 4.69) is 37.6 Å². The van der Waals surface area contributed by atoms with Gasteiger partial charge in [-0.15, -0.1) is 6.42 Å². The molecule has 0 amide bonds. The molecule has 1 N–H and O–H groups in total. The van der Waals surface area contributed by atoms with E-state index in [1.807, 2.05) is 0 Å². The fourth-order valence-corrected chi connectivity index (χ4v) is 7.82. The first kappa shape index (κ1) is 27.4. The van der Waals surface area contributed by atoms with Crippen LogP contribution in [0.2, 0.25) is 0 Å². The van der Waals surface area contributed by atoms with E-state index in [9.17, 15) is 8.78 Å². The number of rotatable bonds is 5. The van der Waals surface area contributed by atoms with Crippen LogP contribution in [0, 0.1) is 24.0 Å². The molecule has 10 heteroatoms. The lowest BCUT2D eigenvalue weighted by Gasteiger charge is -2.34. The molecule has 6 heterocycles. The number of hydrogen-bond donors (Lipinski definition) is 1. The van der Waals surface area contributed by atoms with Crippen molar-refractivity contribution >= 4 is 27.5 Å². The Kier molecular flexibility index (Phi) is 6.33. The van der Waals surface area contributed by atoms with Crippen molar-refractivity contribution in [3.05, 3.63) is 65.9 Å². The van der Waals surface area contributed by atoms with Crippen molar-refractivity contribution in [2.24, 2.45) is 0 Å². The first-order valence-corrected chi connectivity index (χ1v) is 15.1. The van der Waals surface area contributed by atoms with Crippen LogP contribution in [0.15, 0.2) is 48.7 Å². The van der Waals surface area contributed by atoms with Crippen molar-refractivity contribution in [1.82, 2.24) is 25.2 Å². The highest BCUT2D eigenvalue weighted by Gasteiger charge is 2.50. The summed E-state index contributed by atoms with van der Waals surface area (Å²) in [5.74, 6) is 1.74. The lowest BCUT2D eigenvalue weighted by atomic mass is 9.93. The number of halogens is 3. The van der Waals surface area contributed by atoms with Crippen molar-refractivity contribution in [3.63, 3.8) is 0 Å². The topological polar surface area (TPSA) is 66.4 Å². The van der Waals surface area contributed by atoms with Crippen molar-refractivity contribution in [3.8, 4) is 29.6 Å². The molecule has 2 aromatic carbocycles. The molecule has 0 saturated carbocycles. The summed E-state index contributed by atoms with van der Waals surface area (Å²) in [7, 11) is 0. The fraction of sp³-hybridized carbons (Fsp3) is 0.382. The monoisotopic (exact) mass is 596 g/mol. The molecule has 8 rings (SSSR count). The highest BCUT2D eigenvalue weighted by molar-refractivity contribution is 6.02. The van der Waals surface area contributed by atoms with Gasteiger partial charge in [-0.3, -0.25) is 9.88 Å². The van der Waals surface area contributed by atoms with E-state index in [4.69, 9.17) is 16.1 Å². The van der Waals surface area contributed by atoms with Gasteiger partial charge in [0, 0.05) is 61.8 Å². The molecule has 2 bridgehead atoms. The maximum absolute atomic E-state index is 16.7. The third-order valence-corrected chi connectivity index (χ3v) is 9.71. The number of ether oxygens (including phenoxy) is 1. The number of pyridine rings is 1. The quantitative estimate of drug-likeness (QED) is 0.252. The number of aromatic nitrogens is 3. The normalized spacial score (nSPS) is 26.5. The van der Waals surface area contributed by atoms with E-state index in [0.717, 1.165) is 18.4 Å². The number of terminal acetylenes is 1.